The molecule has 0 radical (unpaired) electrons. The van der Waals surface area contributed by atoms with Gasteiger partial charge in [0.15, 0.2) is 0 Å². The first-order chi connectivity index (χ1) is 7.72. The standard InChI is InChI=1S/C12H23N3O/c1-4-16-6-5-15-9-12(14-10-15)8-13-7-11(2)3/h9-11,13H,4-8H2,1-3H3. The molecule has 4 nitrogen and oxygen atoms in total. The highest BCUT2D eigenvalue weighted by Gasteiger charge is 1.99. The van der Waals surface area contributed by atoms with Crippen molar-refractivity contribution in [2.75, 3.05) is 19.8 Å². The summed E-state index contributed by atoms with van der Waals surface area (Å²) in [7, 11) is 0. The molecule has 0 fully saturated rings. The highest BCUT2D eigenvalue weighted by atomic mass is 16.5. The van der Waals surface area contributed by atoms with E-state index in [4.69, 9.17) is 4.74 Å². The SMILES string of the molecule is CCOCCn1cnc(CNCC(C)C)c1. The number of hydrogen-bond acceptors (Lipinski definition) is 3. The molecule has 0 saturated carbocycles. The van der Waals surface area contributed by atoms with Crippen LogP contribution in [-0.2, 0) is 17.8 Å². The van der Waals surface area contributed by atoms with Crippen LogP contribution in [0.1, 0.15) is 26.5 Å². The van der Waals surface area contributed by atoms with Gasteiger partial charge in [0.25, 0.3) is 0 Å². The molecule has 0 aliphatic heterocycles. The normalized spacial score (nSPS) is 11.2. The zero-order valence-electron chi connectivity index (χ0n) is 10.6. The average molecular weight is 225 g/mol. The maximum Gasteiger partial charge on any atom is 0.0950 e. The van der Waals surface area contributed by atoms with Crippen LogP contribution in [0.2, 0.25) is 0 Å². The van der Waals surface area contributed by atoms with Crippen LogP contribution in [0.15, 0.2) is 12.5 Å². The van der Waals surface area contributed by atoms with Crippen molar-refractivity contribution in [1.29, 1.82) is 0 Å². The highest BCUT2D eigenvalue weighted by Crippen LogP contribution is 1.97. The average Bonchev–Trinajstić information content (AvgIpc) is 2.66. The summed E-state index contributed by atoms with van der Waals surface area (Å²) in [6, 6.07) is 0. The summed E-state index contributed by atoms with van der Waals surface area (Å²) in [6.45, 7) is 10.7. The number of nitrogens with zero attached hydrogens (tertiary/aromatic N) is 2. The number of nitrogens with one attached hydrogen (secondary N) is 1. The summed E-state index contributed by atoms with van der Waals surface area (Å²) in [5.74, 6) is 0.681. The van der Waals surface area contributed by atoms with Gasteiger partial charge in [-0.2, -0.15) is 0 Å². The van der Waals surface area contributed by atoms with E-state index in [1.165, 1.54) is 0 Å². The molecule has 0 saturated heterocycles. The molecule has 0 aromatic carbocycles. The van der Waals surface area contributed by atoms with Crippen LogP contribution in [0.4, 0.5) is 0 Å². The van der Waals surface area contributed by atoms with Crippen molar-refractivity contribution in [2.45, 2.75) is 33.9 Å². The molecule has 16 heavy (non-hydrogen) atoms. The summed E-state index contributed by atoms with van der Waals surface area (Å²) in [5.41, 5.74) is 1.09. The van der Waals surface area contributed by atoms with Gasteiger partial charge < -0.3 is 14.6 Å². The Labute approximate surface area is 98.0 Å². The second-order valence-corrected chi connectivity index (χ2v) is 4.32. The van der Waals surface area contributed by atoms with Gasteiger partial charge in [-0.3, -0.25) is 0 Å². The van der Waals surface area contributed by atoms with Crippen molar-refractivity contribution < 1.29 is 4.74 Å². The van der Waals surface area contributed by atoms with Crippen LogP contribution in [0.25, 0.3) is 0 Å². The third-order valence-electron chi connectivity index (χ3n) is 2.24. The van der Waals surface area contributed by atoms with Crippen LogP contribution in [0, 0.1) is 5.92 Å². The van der Waals surface area contributed by atoms with Crippen LogP contribution in [-0.4, -0.2) is 29.3 Å². The van der Waals surface area contributed by atoms with Crippen LogP contribution < -0.4 is 5.32 Å². The van der Waals surface area contributed by atoms with E-state index in [9.17, 15) is 0 Å². The Balaban J connectivity index is 2.22. The zero-order chi connectivity index (χ0) is 11.8. The van der Waals surface area contributed by atoms with E-state index in [0.29, 0.717) is 5.92 Å². The quantitative estimate of drug-likeness (QED) is 0.684. The van der Waals surface area contributed by atoms with Gasteiger partial charge in [0.1, 0.15) is 0 Å². The molecule has 0 unspecified atom stereocenters. The minimum Gasteiger partial charge on any atom is -0.380 e. The Morgan fingerprint density at radius 1 is 1.50 bits per heavy atom. The second-order valence-electron chi connectivity index (χ2n) is 4.32. The van der Waals surface area contributed by atoms with Crippen molar-refractivity contribution in [1.82, 2.24) is 14.9 Å². The van der Waals surface area contributed by atoms with Crippen molar-refractivity contribution in [3.05, 3.63) is 18.2 Å². The first kappa shape index (κ1) is 13.2. The number of ether oxygens (including phenoxy) is 1. The Bertz CT molecular complexity index is 284. The Morgan fingerprint density at radius 2 is 2.31 bits per heavy atom. The number of rotatable bonds is 8. The Morgan fingerprint density at radius 3 is 3.00 bits per heavy atom. The first-order valence-electron chi connectivity index (χ1n) is 6.01. The van der Waals surface area contributed by atoms with Crippen LogP contribution >= 0.6 is 0 Å². The number of aromatic nitrogens is 2. The fraction of sp³-hybridized carbons (Fsp3) is 0.750. The maximum atomic E-state index is 5.30. The summed E-state index contributed by atoms with van der Waals surface area (Å²) in [5, 5.41) is 3.37. The summed E-state index contributed by atoms with van der Waals surface area (Å²) < 4.78 is 7.37. The molecular formula is C12H23N3O. The van der Waals surface area contributed by atoms with Crippen molar-refractivity contribution >= 4 is 0 Å². The lowest BCUT2D eigenvalue weighted by molar-refractivity contribution is 0.139. The number of hydrogen-bond donors (Lipinski definition) is 1. The molecule has 0 aliphatic carbocycles. The molecule has 0 bridgehead atoms. The lowest BCUT2D eigenvalue weighted by Gasteiger charge is -2.05. The van der Waals surface area contributed by atoms with Gasteiger partial charge in [-0.05, 0) is 19.4 Å². The predicted octanol–water partition coefficient (Wildman–Crippen LogP) is 1.67. The molecule has 0 aliphatic rings. The van der Waals surface area contributed by atoms with Crippen molar-refractivity contribution in [3.63, 3.8) is 0 Å². The molecule has 1 aromatic rings. The van der Waals surface area contributed by atoms with Crippen molar-refractivity contribution in [3.8, 4) is 0 Å². The molecule has 92 valence electrons. The van der Waals surface area contributed by atoms with E-state index in [-0.39, 0.29) is 0 Å². The molecule has 0 spiro atoms. The topological polar surface area (TPSA) is 39.1 Å². The molecular weight excluding hydrogens is 202 g/mol. The molecule has 0 amide bonds. The molecule has 1 N–H and O–H groups in total. The van der Waals surface area contributed by atoms with E-state index >= 15 is 0 Å². The third-order valence-corrected chi connectivity index (χ3v) is 2.24. The Kier molecular flexibility index (Phi) is 6.11. The van der Waals surface area contributed by atoms with Gasteiger partial charge in [-0.15, -0.1) is 0 Å². The summed E-state index contributed by atoms with van der Waals surface area (Å²) in [4.78, 5) is 4.34. The molecule has 1 heterocycles. The molecule has 1 rings (SSSR count). The van der Waals surface area contributed by atoms with E-state index in [1.54, 1.807) is 0 Å². The minimum atomic E-state index is 0.681. The van der Waals surface area contributed by atoms with E-state index in [2.05, 4.69) is 34.9 Å². The zero-order valence-corrected chi connectivity index (χ0v) is 10.6. The van der Waals surface area contributed by atoms with Gasteiger partial charge in [-0.1, -0.05) is 13.8 Å². The lowest BCUT2D eigenvalue weighted by atomic mass is 10.2. The lowest BCUT2D eigenvalue weighted by Crippen LogP contribution is -2.19. The van der Waals surface area contributed by atoms with Crippen LogP contribution in [0.3, 0.4) is 0 Å². The summed E-state index contributed by atoms with van der Waals surface area (Å²) in [6.07, 6.45) is 3.94. The van der Waals surface area contributed by atoms with Crippen molar-refractivity contribution in [2.24, 2.45) is 5.92 Å². The fourth-order valence-corrected chi connectivity index (χ4v) is 1.42. The molecule has 0 atom stereocenters. The van der Waals surface area contributed by atoms with E-state index in [1.807, 2.05) is 13.3 Å². The van der Waals surface area contributed by atoms with Gasteiger partial charge in [0, 0.05) is 25.9 Å². The first-order valence-corrected chi connectivity index (χ1v) is 6.01. The highest BCUT2D eigenvalue weighted by molar-refractivity contribution is 4.96. The van der Waals surface area contributed by atoms with Gasteiger partial charge in [0.05, 0.1) is 18.6 Å². The fourth-order valence-electron chi connectivity index (χ4n) is 1.42. The summed E-state index contributed by atoms with van der Waals surface area (Å²) >= 11 is 0. The third kappa shape index (κ3) is 5.28. The molecule has 1 aromatic heterocycles. The van der Waals surface area contributed by atoms with E-state index < -0.39 is 0 Å². The van der Waals surface area contributed by atoms with Crippen LogP contribution in [0.5, 0.6) is 0 Å². The Hall–Kier alpha value is -0.870. The van der Waals surface area contributed by atoms with E-state index in [0.717, 1.165) is 38.5 Å². The minimum absolute atomic E-state index is 0.681. The number of imidazole rings is 1. The second kappa shape index (κ2) is 7.41. The maximum absolute atomic E-state index is 5.30. The van der Waals surface area contributed by atoms with Gasteiger partial charge >= 0.3 is 0 Å². The van der Waals surface area contributed by atoms with Gasteiger partial charge in [-0.25, -0.2) is 4.98 Å². The smallest absolute Gasteiger partial charge is 0.0950 e. The molecule has 4 heteroatoms. The largest absolute Gasteiger partial charge is 0.380 e. The monoisotopic (exact) mass is 225 g/mol. The van der Waals surface area contributed by atoms with Gasteiger partial charge in [0.2, 0.25) is 0 Å². The predicted molar refractivity (Wildman–Crippen MR) is 65.3 cm³/mol.